The molecule has 3 heteroatoms. The Morgan fingerprint density at radius 3 is 2.56 bits per heavy atom. The third-order valence-electron chi connectivity index (χ3n) is 2.71. The van der Waals surface area contributed by atoms with Crippen molar-refractivity contribution in [2.45, 2.75) is 26.2 Å². The van der Waals surface area contributed by atoms with Crippen LogP contribution in [0.2, 0.25) is 0 Å². The second-order valence-electron chi connectivity index (χ2n) is 3.88. The van der Waals surface area contributed by atoms with Crippen LogP contribution in [0.25, 0.3) is 0 Å². The van der Waals surface area contributed by atoms with E-state index in [0.717, 1.165) is 38.9 Å². The van der Waals surface area contributed by atoms with E-state index >= 15 is 0 Å². The van der Waals surface area contributed by atoms with Crippen LogP contribution in [0.4, 0.5) is 10.1 Å². The molecule has 90 valence electrons. The first kappa shape index (κ1) is 13.0. The maximum absolute atomic E-state index is 13.5. The summed E-state index contributed by atoms with van der Waals surface area (Å²) in [5.41, 5.74) is 6.15. The minimum Gasteiger partial charge on any atom is -0.369 e. The van der Waals surface area contributed by atoms with Crippen molar-refractivity contribution >= 4 is 5.69 Å². The lowest BCUT2D eigenvalue weighted by atomic mass is 10.2. The minimum absolute atomic E-state index is 0.136. The Labute approximate surface area is 97.3 Å². The van der Waals surface area contributed by atoms with Crippen LogP contribution in [0.5, 0.6) is 0 Å². The monoisotopic (exact) mass is 224 g/mol. The lowest BCUT2D eigenvalue weighted by Crippen LogP contribution is -2.25. The molecule has 0 aliphatic heterocycles. The molecule has 1 aromatic carbocycles. The lowest BCUT2D eigenvalue weighted by molar-refractivity contribution is 0.608. The zero-order chi connectivity index (χ0) is 11.8. The number of nitrogens with zero attached hydrogens (tertiary/aromatic N) is 1. The Hall–Kier alpha value is -1.09. The predicted molar refractivity (Wildman–Crippen MR) is 67.2 cm³/mol. The van der Waals surface area contributed by atoms with Crippen molar-refractivity contribution in [2.75, 3.05) is 24.5 Å². The van der Waals surface area contributed by atoms with E-state index in [1.165, 1.54) is 6.07 Å². The molecule has 0 heterocycles. The summed E-state index contributed by atoms with van der Waals surface area (Å²) >= 11 is 0. The summed E-state index contributed by atoms with van der Waals surface area (Å²) in [5.74, 6) is -0.136. The normalized spacial score (nSPS) is 10.4. The number of nitrogens with two attached hydrogens (primary N) is 1. The van der Waals surface area contributed by atoms with E-state index in [-0.39, 0.29) is 5.82 Å². The molecule has 0 spiro atoms. The molecule has 2 nitrogen and oxygen atoms in total. The van der Waals surface area contributed by atoms with Gasteiger partial charge in [0, 0.05) is 13.1 Å². The van der Waals surface area contributed by atoms with Crippen LogP contribution in [0.15, 0.2) is 24.3 Å². The van der Waals surface area contributed by atoms with Gasteiger partial charge in [-0.2, -0.15) is 0 Å². The highest BCUT2D eigenvalue weighted by Gasteiger charge is 2.08. The highest BCUT2D eigenvalue weighted by molar-refractivity contribution is 5.47. The van der Waals surface area contributed by atoms with E-state index < -0.39 is 0 Å². The molecule has 0 aromatic heterocycles. The number of hydrogen-bond acceptors (Lipinski definition) is 2. The number of anilines is 1. The molecule has 1 rings (SSSR count). The first-order valence-corrected chi connectivity index (χ1v) is 5.99. The highest BCUT2D eigenvalue weighted by Crippen LogP contribution is 2.18. The van der Waals surface area contributed by atoms with Crippen LogP contribution in [0.1, 0.15) is 26.2 Å². The molecule has 0 saturated carbocycles. The van der Waals surface area contributed by atoms with Gasteiger partial charge in [-0.3, -0.25) is 0 Å². The van der Waals surface area contributed by atoms with E-state index in [1.54, 1.807) is 6.07 Å². The number of halogens is 1. The van der Waals surface area contributed by atoms with Crippen molar-refractivity contribution in [3.05, 3.63) is 30.1 Å². The van der Waals surface area contributed by atoms with E-state index in [4.69, 9.17) is 5.73 Å². The molecule has 0 saturated heterocycles. The van der Waals surface area contributed by atoms with Crippen LogP contribution in [0, 0.1) is 5.82 Å². The van der Waals surface area contributed by atoms with Crippen molar-refractivity contribution in [3.63, 3.8) is 0 Å². The number of hydrogen-bond donors (Lipinski definition) is 1. The third kappa shape index (κ3) is 3.81. The summed E-state index contributed by atoms with van der Waals surface area (Å²) in [6, 6.07) is 6.95. The van der Waals surface area contributed by atoms with E-state index in [2.05, 4.69) is 11.8 Å². The van der Waals surface area contributed by atoms with Crippen molar-refractivity contribution in [2.24, 2.45) is 5.73 Å². The van der Waals surface area contributed by atoms with Crippen LogP contribution in [-0.2, 0) is 0 Å². The van der Waals surface area contributed by atoms with Gasteiger partial charge in [-0.25, -0.2) is 4.39 Å². The van der Waals surface area contributed by atoms with Crippen molar-refractivity contribution in [3.8, 4) is 0 Å². The summed E-state index contributed by atoms with van der Waals surface area (Å²) in [5, 5.41) is 0. The third-order valence-corrected chi connectivity index (χ3v) is 2.71. The van der Waals surface area contributed by atoms with Gasteiger partial charge in [0.25, 0.3) is 0 Å². The Morgan fingerprint density at radius 2 is 1.94 bits per heavy atom. The molecule has 16 heavy (non-hydrogen) atoms. The Balaban J connectivity index is 2.51. The van der Waals surface area contributed by atoms with Crippen molar-refractivity contribution in [1.29, 1.82) is 0 Å². The molecule has 1 aromatic rings. The van der Waals surface area contributed by atoms with Gasteiger partial charge in [-0.15, -0.1) is 0 Å². The molecular weight excluding hydrogens is 203 g/mol. The zero-order valence-corrected chi connectivity index (χ0v) is 9.95. The van der Waals surface area contributed by atoms with Crippen molar-refractivity contribution in [1.82, 2.24) is 0 Å². The summed E-state index contributed by atoms with van der Waals surface area (Å²) in [7, 11) is 0. The van der Waals surface area contributed by atoms with Crippen LogP contribution >= 0.6 is 0 Å². The number of para-hydroxylation sites is 1. The largest absolute Gasteiger partial charge is 0.369 e. The molecule has 0 bridgehead atoms. The molecule has 0 aliphatic rings. The second-order valence-corrected chi connectivity index (χ2v) is 3.88. The van der Waals surface area contributed by atoms with Crippen LogP contribution < -0.4 is 10.6 Å². The maximum atomic E-state index is 13.5. The molecular formula is C13H21FN2. The van der Waals surface area contributed by atoms with Gasteiger partial charge < -0.3 is 10.6 Å². The van der Waals surface area contributed by atoms with Crippen LogP contribution in [-0.4, -0.2) is 19.6 Å². The molecule has 2 N–H and O–H groups in total. The first-order valence-electron chi connectivity index (χ1n) is 5.99. The summed E-state index contributed by atoms with van der Waals surface area (Å²) < 4.78 is 13.5. The first-order chi connectivity index (χ1) is 7.79. The highest BCUT2D eigenvalue weighted by atomic mass is 19.1. The maximum Gasteiger partial charge on any atom is 0.146 e. The summed E-state index contributed by atoms with van der Waals surface area (Å²) in [6.07, 6.45) is 3.23. The minimum atomic E-state index is -0.136. The van der Waals surface area contributed by atoms with E-state index in [0.29, 0.717) is 5.69 Å². The second kappa shape index (κ2) is 7.23. The topological polar surface area (TPSA) is 29.3 Å². The quantitative estimate of drug-likeness (QED) is 0.722. The smallest absolute Gasteiger partial charge is 0.146 e. The van der Waals surface area contributed by atoms with Crippen LogP contribution in [0.3, 0.4) is 0 Å². The fourth-order valence-electron chi connectivity index (χ4n) is 1.78. The van der Waals surface area contributed by atoms with E-state index in [1.807, 2.05) is 12.1 Å². The zero-order valence-electron chi connectivity index (χ0n) is 9.95. The lowest BCUT2D eigenvalue weighted by Gasteiger charge is -2.23. The Morgan fingerprint density at radius 1 is 1.19 bits per heavy atom. The van der Waals surface area contributed by atoms with Gasteiger partial charge >= 0.3 is 0 Å². The Kier molecular flexibility index (Phi) is 5.86. The Bertz CT molecular complexity index is 302. The molecule has 0 amide bonds. The molecule has 0 atom stereocenters. The van der Waals surface area contributed by atoms with Gasteiger partial charge in [-0.1, -0.05) is 18.6 Å². The average molecular weight is 224 g/mol. The fraction of sp³-hybridized carbons (Fsp3) is 0.538. The van der Waals surface area contributed by atoms with Gasteiger partial charge in [0.05, 0.1) is 5.69 Å². The summed E-state index contributed by atoms with van der Waals surface area (Å²) in [6.45, 7) is 4.53. The van der Waals surface area contributed by atoms with Gasteiger partial charge in [-0.05, 0) is 38.4 Å². The predicted octanol–water partition coefficient (Wildman–Crippen LogP) is 2.78. The number of benzene rings is 1. The summed E-state index contributed by atoms with van der Waals surface area (Å²) in [4.78, 5) is 2.08. The van der Waals surface area contributed by atoms with Gasteiger partial charge in [0.2, 0.25) is 0 Å². The molecule has 0 radical (unpaired) electrons. The molecule has 0 fully saturated rings. The standard InChI is InChI=1S/C13H21FN2/c1-2-16(11-7-3-6-10-15)13-9-5-4-8-12(13)14/h4-5,8-9H,2-3,6-7,10-11,15H2,1H3. The number of rotatable bonds is 7. The van der Waals surface area contributed by atoms with E-state index in [9.17, 15) is 4.39 Å². The van der Waals surface area contributed by atoms with Crippen molar-refractivity contribution < 1.29 is 4.39 Å². The van der Waals surface area contributed by atoms with Gasteiger partial charge in [0.15, 0.2) is 0 Å². The molecule has 0 aliphatic carbocycles. The molecule has 0 unspecified atom stereocenters. The van der Waals surface area contributed by atoms with Gasteiger partial charge in [0.1, 0.15) is 5.82 Å². The number of unbranched alkanes of at least 4 members (excludes halogenated alkanes) is 2. The fourth-order valence-corrected chi connectivity index (χ4v) is 1.78. The average Bonchev–Trinajstić information content (AvgIpc) is 2.31. The SMILES string of the molecule is CCN(CCCCCN)c1ccccc1F.